The number of hydrogen-bond donors (Lipinski definition) is 2. The number of halogens is 1. The summed E-state index contributed by atoms with van der Waals surface area (Å²) in [5.41, 5.74) is 8.11. The number of nitrogens with one attached hydrogen (secondary N) is 1. The lowest BCUT2D eigenvalue weighted by atomic mass is 10.0. The van der Waals surface area contributed by atoms with E-state index in [1.807, 2.05) is 12.1 Å². The van der Waals surface area contributed by atoms with Crippen LogP contribution in [0.2, 0.25) is 0 Å². The van der Waals surface area contributed by atoms with E-state index in [4.69, 9.17) is 10.5 Å². The van der Waals surface area contributed by atoms with Crippen LogP contribution >= 0.6 is 24.0 Å². The molecule has 0 atom stereocenters. The fraction of sp³-hybridized carbons (Fsp3) is 0.562. The van der Waals surface area contributed by atoms with Crippen LogP contribution in [0, 0.1) is 5.92 Å². The van der Waals surface area contributed by atoms with Crippen molar-refractivity contribution in [2.75, 3.05) is 25.1 Å². The van der Waals surface area contributed by atoms with Crippen LogP contribution in [0.4, 0.5) is 5.69 Å². The third-order valence-electron chi connectivity index (χ3n) is 2.79. The largest absolute Gasteiger partial charge is 0.379 e. The molecule has 21 heavy (non-hydrogen) atoms. The number of anilines is 1. The van der Waals surface area contributed by atoms with Gasteiger partial charge in [0.05, 0.1) is 13.2 Å². The highest BCUT2D eigenvalue weighted by molar-refractivity contribution is 14.0. The summed E-state index contributed by atoms with van der Waals surface area (Å²) in [5.74, 6) is 1.48. The van der Waals surface area contributed by atoms with Gasteiger partial charge in [-0.05, 0) is 29.5 Å². The van der Waals surface area contributed by atoms with Gasteiger partial charge in [0.2, 0.25) is 0 Å². The normalized spacial score (nSPS) is 11.6. The van der Waals surface area contributed by atoms with E-state index in [0.717, 1.165) is 12.3 Å². The second-order valence-electron chi connectivity index (χ2n) is 5.64. The van der Waals surface area contributed by atoms with Crippen molar-refractivity contribution in [3.05, 3.63) is 29.8 Å². The van der Waals surface area contributed by atoms with Crippen molar-refractivity contribution in [3.63, 3.8) is 0 Å². The summed E-state index contributed by atoms with van der Waals surface area (Å²) in [6, 6.07) is 8.23. The predicted octanol–water partition coefficient (Wildman–Crippen LogP) is 3.83. The maximum absolute atomic E-state index is 5.86. The summed E-state index contributed by atoms with van der Waals surface area (Å²) < 4.78 is 5.46. The molecule has 0 heterocycles. The molecule has 0 amide bonds. The number of hydrogen-bond acceptors (Lipinski definition) is 2. The van der Waals surface area contributed by atoms with Gasteiger partial charge in [0.15, 0.2) is 5.96 Å². The standard InChI is InChI=1S/C16H27N3O.HI/c1-12(2)11-20-9-8-18-16(17)19-15-7-5-6-14(10-15)13(3)4;/h5-7,10,12-13H,8-9,11H2,1-4H3,(H3,17,18,19);1H. The number of benzene rings is 1. The van der Waals surface area contributed by atoms with E-state index in [2.05, 4.69) is 50.1 Å². The Morgan fingerprint density at radius 1 is 1.29 bits per heavy atom. The van der Waals surface area contributed by atoms with E-state index < -0.39 is 0 Å². The minimum Gasteiger partial charge on any atom is -0.379 e. The number of nitrogens with two attached hydrogens (primary N) is 1. The lowest BCUT2D eigenvalue weighted by molar-refractivity contribution is 0.117. The number of nitrogens with zero attached hydrogens (tertiary/aromatic N) is 1. The molecule has 0 unspecified atom stereocenters. The first-order valence-corrected chi connectivity index (χ1v) is 7.23. The molecule has 0 fully saturated rings. The zero-order valence-electron chi connectivity index (χ0n) is 13.4. The molecule has 0 bridgehead atoms. The summed E-state index contributed by atoms with van der Waals surface area (Å²) in [6.07, 6.45) is 0. The van der Waals surface area contributed by atoms with E-state index >= 15 is 0 Å². The van der Waals surface area contributed by atoms with Crippen molar-refractivity contribution in [2.24, 2.45) is 16.6 Å². The van der Waals surface area contributed by atoms with Crippen LogP contribution in [0.3, 0.4) is 0 Å². The Bertz CT molecular complexity index is 433. The van der Waals surface area contributed by atoms with Crippen LogP contribution in [0.25, 0.3) is 0 Å². The number of ether oxygens (including phenoxy) is 1. The summed E-state index contributed by atoms with van der Waals surface area (Å²) in [4.78, 5) is 4.25. The van der Waals surface area contributed by atoms with E-state index in [-0.39, 0.29) is 24.0 Å². The van der Waals surface area contributed by atoms with Crippen LogP contribution in [0.5, 0.6) is 0 Å². The average Bonchev–Trinajstić information content (AvgIpc) is 2.38. The van der Waals surface area contributed by atoms with Crippen LogP contribution in [0.15, 0.2) is 29.3 Å². The first-order valence-electron chi connectivity index (χ1n) is 7.23. The minimum atomic E-state index is 0. The lowest BCUT2D eigenvalue weighted by Crippen LogP contribution is -2.23. The van der Waals surface area contributed by atoms with Gasteiger partial charge in [-0.3, -0.25) is 4.99 Å². The predicted molar refractivity (Wildman–Crippen MR) is 102 cm³/mol. The maximum Gasteiger partial charge on any atom is 0.193 e. The quantitative estimate of drug-likeness (QED) is 0.314. The zero-order chi connectivity index (χ0) is 15.0. The fourth-order valence-corrected chi connectivity index (χ4v) is 1.71. The Kier molecular flexibility index (Phi) is 10.4. The summed E-state index contributed by atoms with van der Waals surface area (Å²) in [5, 5.41) is 3.11. The Morgan fingerprint density at radius 2 is 2.00 bits per heavy atom. The molecule has 0 saturated heterocycles. The molecule has 1 aromatic carbocycles. The topological polar surface area (TPSA) is 59.6 Å². The van der Waals surface area contributed by atoms with Crippen molar-refractivity contribution < 1.29 is 4.74 Å². The summed E-state index contributed by atoms with van der Waals surface area (Å²) in [7, 11) is 0. The van der Waals surface area contributed by atoms with E-state index in [0.29, 0.717) is 30.9 Å². The summed E-state index contributed by atoms with van der Waals surface area (Å²) >= 11 is 0. The molecular weight excluding hydrogens is 377 g/mol. The zero-order valence-corrected chi connectivity index (χ0v) is 15.8. The highest BCUT2D eigenvalue weighted by Gasteiger charge is 2.01. The molecule has 120 valence electrons. The lowest BCUT2D eigenvalue weighted by Gasteiger charge is -2.10. The van der Waals surface area contributed by atoms with Crippen molar-refractivity contribution in [3.8, 4) is 0 Å². The second-order valence-corrected chi connectivity index (χ2v) is 5.64. The van der Waals surface area contributed by atoms with Crippen molar-refractivity contribution in [2.45, 2.75) is 33.6 Å². The van der Waals surface area contributed by atoms with Crippen LogP contribution in [0.1, 0.15) is 39.2 Å². The van der Waals surface area contributed by atoms with Crippen LogP contribution in [-0.4, -0.2) is 25.7 Å². The molecule has 3 N–H and O–H groups in total. The molecule has 4 nitrogen and oxygen atoms in total. The molecule has 0 aromatic heterocycles. The first kappa shape index (κ1) is 20.2. The molecule has 0 saturated carbocycles. The second kappa shape index (κ2) is 10.8. The van der Waals surface area contributed by atoms with Crippen LogP contribution < -0.4 is 11.1 Å². The third kappa shape index (κ3) is 8.93. The SMILES string of the molecule is CC(C)COCCN=C(N)Nc1cccc(C(C)C)c1.I. The molecule has 0 spiro atoms. The van der Waals surface area contributed by atoms with Gasteiger partial charge >= 0.3 is 0 Å². The van der Waals surface area contributed by atoms with E-state index in [9.17, 15) is 0 Å². The number of rotatable bonds is 7. The Morgan fingerprint density at radius 3 is 2.62 bits per heavy atom. The Balaban J connectivity index is 0.00000400. The van der Waals surface area contributed by atoms with Gasteiger partial charge in [0.25, 0.3) is 0 Å². The van der Waals surface area contributed by atoms with Gasteiger partial charge in [-0.2, -0.15) is 0 Å². The van der Waals surface area contributed by atoms with Gasteiger partial charge in [-0.1, -0.05) is 39.8 Å². The fourth-order valence-electron chi connectivity index (χ4n) is 1.71. The molecule has 0 aliphatic carbocycles. The van der Waals surface area contributed by atoms with E-state index in [1.165, 1.54) is 5.56 Å². The molecule has 1 aromatic rings. The molecule has 1 rings (SSSR count). The molecule has 0 aliphatic heterocycles. The maximum atomic E-state index is 5.86. The first-order chi connectivity index (χ1) is 9.49. The highest BCUT2D eigenvalue weighted by atomic mass is 127. The van der Waals surface area contributed by atoms with Gasteiger partial charge in [0, 0.05) is 12.3 Å². The van der Waals surface area contributed by atoms with Gasteiger partial charge in [-0.25, -0.2) is 0 Å². The van der Waals surface area contributed by atoms with Gasteiger partial charge in [-0.15, -0.1) is 24.0 Å². The molecular formula is C16H28IN3O. The average molecular weight is 405 g/mol. The summed E-state index contributed by atoms with van der Waals surface area (Å²) in [6.45, 7) is 10.5. The Hall–Kier alpha value is -0.820. The monoisotopic (exact) mass is 405 g/mol. The van der Waals surface area contributed by atoms with Crippen molar-refractivity contribution in [1.29, 1.82) is 0 Å². The number of aliphatic imine (C=N–C) groups is 1. The molecule has 5 heteroatoms. The van der Waals surface area contributed by atoms with Crippen molar-refractivity contribution >= 4 is 35.6 Å². The molecule has 0 radical (unpaired) electrons. The smallest absolute Gasteiger partial charge is 0.193 e. The Labute approximate surface area is 145 Å². The molecule has 0 aliphatic rings. The van der Waals surface area contributed by atoms with Gasteiger partial charge in [0.1, 0.15) is 0 Å². The number of guanidine groups is 1. The minimum absolute atomic E-state index is 0. The highest BCUT2D eigenvalue weighted by Crippen LogP contribution is 2.18. The third-order valence-corrected chi connectivity index (χ3v) is 2.79. The van der Waals surface area contributed by atoms with Crippen molar-refractivity contribution in [1.82, 2.24) is 0 Å². The van der Waals surface area contributed by atoms with E-state index in [1.54, 1.807) is 0 Å². The van der Waals surface area contributed by atoms with Crippen LogP contribution in [-0.2, 0) is 4.74 Å². The van der Waals surface area contributed by atoms with Gasteiger partial charge < -0.3 is 15.8 Å².